The van der Waals surface area contributed by atoms with Crippen LogP contribution in [0.25, 0.3) is 0 Å². The highest BCUT2D eigenvalue weighted by atomic mass is 79.9. The summed E-state index contributed by atoms with van der Waals surface area (Å²) in [5.41, 5.74) is 1.35. The van der Waals surface area contributed by atoms with E-state index in [0.717, 1.165) is 10.0 Å². The zero-order chi connectivity index (χ0) is 15.9. The number of nitrogens with one attached hydrogen (secondary N) is 1. The number of nitrogens with zero attached hydrogens (tertiary/aromatic N) is 1. The fourth-order valence-corrected chi connectivity index (χ4v) is 2.31. The summed E-state index contributed by atoms with van der Waals surface area (Å²) in [5, 5.41) is 0. The molecule has 1 amide bonds. The first-order valence-corrected chi connectivity index (χ1v) is 7.72. The molecule has 1 aromatic heterocycles. The third-order valence-electron chi connectivity index (χ3n) is 3.15. The quantitative estimate of drug-likeness (QED) is 0.801. The van der Waals surface area contributed by atoms with Gasteiger partial charge in [-0.15, -0.1) is 0 Å². The Morgan fingerprint density at radius 1 is 1.27 bits per heavy atom. The van der Waals surface area contributed by atoms with Crippen LogP contribution in [0.1, 0.15) is 23.0 Å². The Morgan fingerprint density at radius 2 is 2.00 bits per heavy atom. The van der Waals surface area contributed by atoms with E-state index in [4.69, 9.17) is 4.74 Å². The summed E-state index contributed by atoms with van der Waals surface area (Å²) in [5.74, 6) is -0.764. The van der Waals surface area contributed by atoms with Crippen LogP contribution in [-0.2, 0) is 16.1 Å². The number of esters is 1. The Hall–Kier alpha value is -2.08. The summed E-state index contributed by atoms with van der Waals surface area (Å²) >= 11 is 3.24. The molecule has 1 aromatic carbocycles. The van der Waals surface area contributed by atoms with Crippen molar-refractivity contribution >= 4 is 27.8 Å². The van der Waals surface area contributed by atoms with Crippen molar-refractivity contribution in [3.8, 4) is 0 Å². The topological polar surface area (TPSA) is 62.4 Å². The molecule has 0 aliphatic heterocycles. The molecule has 0 fully saturated rings. The van der Waals surface area contributed by atoms with Crippen molar-refractivity contribution in [3.63, 3.8) is 0 Å². The highest BCUT2D eigenvalue weighted by molar-refractivity contribution is 9.10. The summed E-state index contributed by atoms with van der Waals surface area (Å²) in [6.07, 6.45) is 1.63. The number of hydrogen-bond donors (Lipinski definition) is 1. The zero-order valence-corrected chi connectivity index (χ0v) is 13.8. The van der Waals surface area contributed by atoms with E-state index in [1.54, 1.807) is 17.2 Å². The van der Waals surface area contributed by atoms with Gasteiger partial charge in [0.15, 0.2) is 6.61 Å². The second-order valence-corrected chi connectivity index (χ2v) is 5.62. The molecule has 116 valence electrons. The second kappa shape index (κ2) is 7.79. The summed E-state index contributed by atoms with van der Waals surface area (Å²) in [4.78, 5) is 28.3. The van der Waals surface area contributed by atoms with Gasteiger partial charge in [0.2, 0.25) is 0 Å². The lowest BCUT2D eigenvalue weighted by Gasteiger charge is -2.20. The monoisotopic (exact) mass is 364 g/mol. The van der Waals surface area contributed by atoms with E-state index in [1.165, 1.54) is 0 Å². The number of halogens is 1. The highest BCUT2D eigenvalue weighted by Gasteiger charge is 2.16. The smallest absolute Gasteiger partial charge is 0.355 e. The van der Waals surface area contributed by atoms with Crippen molar-refractivity contribution < 1.29 is 14.3 Å². The minimum absolute atomic E-state index is 0.217. The second-order valence-electron chi connectivity index (χ2n) is 4.70. The molecule has 0 saturated heterocycles. The van der Waals surface area contributed by atoms with Crippen LogP contribution in [-0.4, -0.2) is 34.9 Å². The van der Waals surface area contributed by atoms with E-state index in [1.807, 2.05) is 37.3 Å². The van der Waals surface area contributed by atoms with Crippen molar-refractivity contribution in [1.82, 2.24) is 9.88 Å². The number of ether oxygens (including phenoxy) is 1. The zero-order valence-electron chi connectivity index (χ0n) is 12.2. The number of H-pyrrole nitrogens is 1. The predicted molar refractivity (Wildman–Crippen MR) is 86.3 cm³/mol. The summed E-state index contributed by atoms with van der Waals surface area (Å²) in [6.45, 7) is 2.68. The van der Waals surface area contributed by atoms with Gasteiger partial charge in [0.25, 0.3) is 5.91 Å². The van der Waals surface area contributed by atoms with E-state index in [2.05, 4.69) is 20.9 Å². The normalized spacial score (nSPS) is 10.3. The van der Waals surface area contributed by atoms with Crippen LogP contribution in [0.2, 0.25) is 0 Å². The molecule has 2 aromatic rings. The van der Waals surface area contributed by atoms with Crippen molar-refractivity contribution in [2.24, 2.45) is 0 Å². The Bertz CT molecular complexity index is 640. The van der Waals surface area contributed by atoms with E-state index < -0.39 is 5.97 Å². The number of rotatable bonds is 6. The average Bonchev–Trinajstić information content (AvgIpc) is 2.97. The van der Waals surface area contributed by atoms with Crippen molar-refractivity contribution in [1.29, 1.82) is 0 Å². The van der Waals surface area contributed by atoms with E-state index in [9.17, 15) is 9.59 Å². The predicted octanol–water partition coefficient (Wildman–Crippen LogP) is 2.98. The third kappa shape index (κ3) is 4.46. The van der Waals surface area contributed by atoms with E-state index in [-0.39, 0.29) is 12.5 Å². The summed E-state index contributed by atoms with van der Waals surface area (Å²) in [7, 11) is 0. The van der Waals surface area contributed by atoms with Crippen molar-refractivity contribution in [3.05, 3.63) is 58.3 Å². The molecule has 0 bridgehead atoms. The molecule has 0 saturated carbocycles. The van der Waals surface area contributed by atoms with Crippen LogP contribution >= 0.6 is 15.9 Å². The Morgan fingerprint density at radius 3 is 2.59 bits per heavy atom. The Labute approximate surface area is 137 Å². The molecule has 5 nitrogen and oxygen atoms in total. The van der Waals surface area contributed by atoms with Crippen LogP contribution in [0.3, 0.4) is 0 Å². The molecule has 0 unspecified atom stereocenters. The largest absolute Gasteiger partial charge is 0.451 e. The number of hydrogen-bond acceptors (Lipinski definition) is 3. The van der Waals surface area contributed by atoms with E-state index in [0.29, 0.717) is 18.8 Å². The molecule has 0 aliphatic carbocycles. The van der Waals surface area contributed by atoms with Gasteiger partial charge >= 0.3 is 5.97 Å². The minimum Gasteiger partial charge on any atom is -0.451 e. The molecular formula is C16H17BrN2O3. The average molecular weight is 365 g/mol. The molecule has 22 heavy (non-hydrogen) atoms. The summed E-state index contributed by atoms with van der Waals surface area (Å²) in [6, 6.07) is 11.3. The van der Waals surface area contributed by atoms with Crippen molar-refractivity contribution in [2.75, 3.05) is 13.2 Å². The maximum absolute atomic E-state index is 12.1. The maximum Gasteiger partial charge on any atom is 0.355 e. The SMILES string of the molecule is CCN(Cc1ccccc1)C(=O)COC(=O)c1cc(Br)c[nH]1. The van der Waals surface area contributed by atoms with Gasteiger partial charge in [0, 0.05) is 23.8 Å². The van der Waals surface area contributed by atoms with Crippen LogP contribution in [0.5, 0.6) is 0 Å². The van der Waals surface area contributed by atoms with Gasteiger partial charge in [-0.2, -0.15) is 0 Å². The number of carbonyl (C=O) groups is 2. The number of likely N-dealkylation sites (N-methyl/N-ethyl adjacent to an activating group) is 1. The molecule has 0 radical (unpaired) electrons. The standard InChI is InChI=1S/C16H17BrN2O3/c1-2-19(10-12-6-4-3-5-7-12)15(20)11-22-16(21)14-8-13(17)9-18-14/h3-9,18H,2,10-11H2,1H3. The lowest BCUT2D eigenvalue weighted by atomic mass is 10.2. The van der Waals surface area contributed by atoms with Crippen LogP contribution in [0.15, 0.2) is 47.1 Å². The van der Waals surface area contributed by atoms with Gasteiger partial charge in [-0.05, 0) is 34.5 Å². The Kier molecular flexibility index (Phi) is 5.77. The van der Waals surface area contributed by atoms with Gasteiger partial charge in [-0.25, -0.2) is 4.79 Å². The van der Waals surface area contributed by atoms with Gasteiger partial charge in [0.1, 0.15) is 5.69 Å². The first-order chi connectivity index (χ1) is 10.6. The van der Waals surface area contributed by atoms with Crippen LogP contribution in [0, 0.1) is 0 Å². The number of carbonyl (C=O) groups excluding carboxylic acids is 2. The molecule has 0 atom stereocenters. The molecule has 0 aliphatic rings. The van der Waals surface area contributed by atoms with Crippen LogP contribution < -0.4 is 0 Å². The minimum atomic E-state index is -0.546. The van der Waals surface area contributed by atoms with Gasteiger partial charge < -0.3 is 14.6 Å². The van der Waals surface area contributed by atoms with Gasteiger partial charge in [-0.3, -0.25) is 4.79 Å². The fourth-order valence-electron chi connectivity index (χ4n) is 1.96. The molecule has 0 spiro atoms. The molecule has 6 heteroatoms. The lowest BCUT2D eigenvalue weighted by Crippen LogP contribution is -2.34. The van der Waals surface area contributed by atoms with Crippen LogP contribution in [0.4, 0.5) is 0 Å². The summed E-state index contributed by atoms with van der Waals surface area (Å²) < 4.78 is 5.80. The van der Waals surface area contributed by atoms with Gasteiger partial charge in [-0.1, -0.05) is 30.3 Å². The molecule has 2 rings (SSSR count). The van der Waals surface area contributed by atoms with E-state index >= 15 is 0 Å². The fraction of sp³-hybridized carbons (Fsp3) is 0.250. The molecule has 1 N–H and O–H groups in total. The highest BCUT2D eigenvalue weighted by Crippen LogP contribution is 2.11. The number of benzene rings is 1. The Balaban J connectivity index is 1.88. The lowest BCUT2D eigenvalue weighted by molar-refractivity contribution is -0.134. The molecule has 1 heterocycles. The molecular weight excluding hydrogens is 348 g/mol. The third-order valence-corrected chi connectivity index (χ3v) is 3.60. The number of aromatic nitrogens is 1. The van der Waals surface area contributed by atoms with Gasteiger partial charge in [0.05, 0.1) is 0 Å². The maximum atomic E-state index is 12.1. The first kappa shape index (κ1) is 16.3. The number of aromatic amines is 1. The van der Waals surface area contributed by atoms with Crippen molar-refractivity contribution in [2.45, 2.75) is 13.5 Å². The first-order valence-electron chi connectivity index (χ1n) is 6.93. The number of amides is 1.